The van der Waals surface area contributed by atoms with E-state index in [1.807, 2.05) is 34.0 Å². The normalized spacial score (nSPS) is 12.1. The molecule has 6 heteroatoms. The number of benzene rings is 7. The molecule has 4 heterocycles. The van der Waals surface area contributed by atoms with Gasteiger partial charge < -0.3 is 4.90 Å². The van der Waals surface area contributed by atoms with Gasteiger partial charge in [0, 0.05) is 83.1 Å². The van der Waals surface area contributed by atoms with Crippen LogP contribution in [-0.4, -0.2) is 4.98 Å². The smallest absolute Gasteiger partial charge is 0.124 e. The number of hydrogen-bond acceptors (Lipinski definition) is 6. The van der Waals surface area contributed by atoms with E-state index in [0.29, 0.717) is 0 Å². The molecular weight excluding hydrogens is 673 g/mol. The third kappa shape index (κ3) is 4.32. The lowest BCUT2D eigenvalue weighted by Crippen LogP contribution is -2.09. The molecule has 4 aromatic heterocycles. The van der Waals surface area contributed by atoms with Crippen LogP contribution in [0.1, 0.15) is 0 Å². The van der Waals surface area contributed by atoms with Crippen molar-refractivity contribution in [1.82, 2.24) is 4.98 Å². The van der Waals surface area contributed by atoms with Crippen LogP contribution in [-0.2, 0) is 0 Å². The first-order valence-corrected chi connectivity index (χ1v) is 19.5. The monoisotopic (exact) mass is 696 g/mol. The number of hydrogen-bond donors (Lipinski definition) is 0. The topological polar surface area (TPSA) is 16.1 Å². The summed E-state index contributed by atoms with van der Waals surface area (Å²) in [4.78, 5) is 7.53. The molecule has 11 rings (SSSR count). The summed E-state index contributed by atoms with van der Waals surface area (Å²) < 4.78 is 9.11. The van der Waals surface area contributed by atoms with Gasteiger partial charge in [-0.25, -0.2) is 4.98 Å². The molecule has 2 nitrogen and oxygen atoms in total. The molecule has 0 saturated heterocycles. The van der Waals surface area contributed by atoms with E-state index in [0.717, 1.165) is 33.1 Å². The summed E-state index contributed by atoms with van der Waals surface area (Å²) in [5.41, 5.74) is 5.68. The SMILES string of the molecule is c1ccc(-c2nc3ccc4sc5ccc(N(c6ccc7sc8ccccc8c7c6)c6ccc7sc8ccccc8c7c6)cc5c4c3s2)cc1. The molecule has 0 bridgehead atoms. The van der Waals surface area contributed by atoms with Crippen LogP contribution in [0.25, 0.3) is 81.3 Å². The fourth-order valence-corrected chi connectivity index (χ4v) is 11.7. The summed E-state index contributed by atoms with van der Waals surface area (Å²) in [7, 11) is 0. The highest BCUT2D eigenvalue weighted by molar-refractivity contribution is 7.28. The minimum absolute atomic E-state index is 1.06. The van der Waals surface area contributed by atoms with Gasteiger partial charge in [0.05, 0.1) is 10.2 Å². The first-order chi connectivity index (χ1) is 24.2. The molecule has 49 heavy (non-hydrogen) atoms. The molecule has 0 fully saturated rings. The number of rotatable bonds is 4. The minimum Gasteiger partial charge on any atom is -0.310 e. The predicted molar refractivity (Wildman–Crippen MR) is 218 cm³/mol. The fraction of sp³-hybridized carbons (Fsp3) is 0. The summed E-state index contributed by atoms with van der Waals surface area (Å²) in [6.45, 7) is 0. The van der Waals surface area contributed by atoms with Gasteiger partial charge in [0.15, 0.2) is 0 Å². The zero-order chi connectivity index (χ0) is 32.1. The van der Waals surface area contributed by atoms with Gasteiger partial charge in [-0.1, -0.05) is 66.7 Å². The van der Waals surface area contributed by atoms with E-state index in [-0.39, 0.29) is 0 Å². The maximum absolute atomic E-state index is 5.08. The molecule has 0 spiro atoms. The molecule has 0 saturated carbocycles. The maximum atomic E-state index is 5.08. The lowest BCUT2D eigenvalue weighted by molar-refractivity contribution is 1.30. The van der Waals surface area contributed by atoms with Crippen LogP contribution in [0.5, 0.6) is 0 Å². The van der Waals surface area contributed by atoms with Crippen molar-refractivity contribution >= 4 is 133 Å². The largest absolute Gasteiger partial charge is 0.310 e. The van der Waals surface area contributed by atoms with Gasteiger partial charge in [-0.2, -0.15) is 0 Å². The second-order valence-electron chi connectivity index (χ2n) is 12.3. The molecule has 0 atom stereocenters. The van der Waals surface area contributed by atoms with Crippen LogP contribution in [0.4, 0.5) is 17.1 Å². The second kappa shape index (κ2) is 10.7. The van der Waals surface area contributed by atoms with Crippen molar-refractivity contribution in [2.24, 2.45) is 0 Å². The van der Waals surface area contributed by atoms with Crippen LogP contribution in [0.2, 0.25) is 0 Å². The van der Waals surface area contributed by atoms with E-state index in [1.54, 1.807) is 11.3 Å². The number of thiophene rings is 3. The third-order valence-corrected chi connectivity index (χ3v) is 14.1. The van der Waals surface area contributed by atoms with Crippen molar-refractivity contribution < 1.29 is 0 Å². The maximum Gasteiger partial charge on any atom is 0.124 e. The average Bonchev–Trinajstić information content (AvgIpc) is 3.93. The molecule has 0 unspecified atom stereocenters. The lowest BCUT2D eigenvalue weighted by atomic mass is 10.1. The number of fused-ring (bicyclic) bond motifs is 11. The van der Waals surface area contributed by atoms with E-state index in [2.05, 4.69) is 150 Å². The Balaban J connectivity index is 1.16. The Morgan fingerprint density at radius 2 is 0.878 bits per heavy atom. The quantitative estimate of drug-likeness (QED) is 0.182. The Bertz CT molecular complexity index is 2960. The number of thiazole rings is 1. The van der Waals surface area contributed by atoms with Crippen molar-refractivity contribution in [2.75, 3.05) is 4.90 Å². The van der Waals surface area contributed by atoms with Gasteiger partial charge in [0.2, 0.25) is 0 Å². The Kier molecular flexibility index (Phi) is 6.07. The van der Waals surface area contributed by atoms with Crippen molar-refractivity contribution in [1.29, 1.82) is 0 Å². The van der Waals surface area contributed by atoms with Gasteiger partial charge in [-0.05, 0) is 78.9 Å². The van der Waals surface area contributed by atoms with Crippen LogP contribution < -0.4 is 4.90 Å². The van der Waals surface area contributed by atoms with Gasteiger partial charge in [-0.3, -0.25) is 0 Å². The molecular formula is C43H24N2S4. The Labute approximate surface area is 297 Å². The Morgan fingerprint density at radius 1 is 0.388 bits per heavy atom. The number of aromatic nitrogens is 1. The summed E-state index contributed by atoms with van der Waals surface area (Å²) in [6, 6.07) is 53.4. The van der Waals surface area contributed by atoms with E-state index < -0.39 is 0 Å². The molecule has 0 aliphatic carbocycles. The Hall–Kier alpha value is -5.11. The molecule has 11 aromatic rings. The molecule has 0 aliphatic heterocycles. The van der Waals surface area contributed by atoms with Crippen molar-refractivity contribution in [2.45, 2.75) is 0 Å². The van der Waals surface area contributed by atoms with Gasteiger partial charge in [0.1, 0.15) is 5.01 Å². The first-order valence-electron chi connectivity index (χ1n) is 16.2. The molecule has 0 aliphatic rings. The lowest BCUT2D eigenvalue weighted by Gasteiger charge is -2.26. The average molecular weight is 697 g/mol. The van der Waals surface area contributed by atoms with Gasteiger partial charge >= 0.3 is 0 Å². The molecule has 7 aromatic carbocycles. The summed E-state index contributed by atoms with van der Waals surface area (Å²) in [5.74, 6) is 0. The zero-order valence-corrected chi connectivity index (χ0v) is 29.1. The standard InChI is InChI=1S/C43H24N2S4/c1-2-8-25(9-3-1)43-44-34-17-21-40-41(42(34)49-43)33-24-28(16-20-39(33)48-40)45(26-14-18-37-31(22-26)29-10-4-6-12-35(29)46-37)27-15-19-38-32(23-27)30-11-5-7-13-36(30)47-38/h1-24H. The second-order valence-corrected chi connectivity index (χ2v) is 16.6. The molecule has 0 N–H and O–H groups in total. The van der Waals surface area contributed by atoms with Crippen LogP contribution >= 0.6 is 45.3 Å². The first kappa shape index (κ1) is 27.8. The molecule has 230 valence electrons. The van der Waals surface area contributed by atoms with Crippen LogP contribution in [0.3, 0.4) is 0 Å². The summed E-state index contributed by atoms with van der Waals surface area (Å²) in [5, 5.41) is 8.86. The van der Waals surface area contributed by atoms with E-state index >= 15 is 0 Å². The zero-order valence-electron chi connectivity index (χ0n) is 25.9. The van der Waals surface area contributed by atoms with Gasteiger partial charge in [0.25, 0.3) is 0 Å². The van der Waals surface area contributed by atoms with Crippen molar-refractivity contribution in [3.8, 4) is 10.6 Å². The van der Waals surface area contributed by atoms with Crippen LogP contribution in [0, 0.1) is 0 Å². The predicted octanol–water partition coefficient (Wildman–Crippen LogP) is 14.5. The van der Waals surface area contributed by atoms with E-state index in [4.69, 9.17) is 4.98 Å². The van der Waals surface area contributed by atoms with Gasteiger partial charge in [-0.15, -0.1) is 45.3 Å². The number of nitrogens with zero attached hydrogens (tertiary/aromatic N) is 2. The van der Waals surface area contributed by atoms with Crippen LogP contribution in [0.15, 0.2) is 146 Å². The van der Waals surface area contributed by atoms with E-state index in [9.17, 15) is 0 Å². The van der Waals surface area contributed by atoms with Crippen molar-refractivity contribution in [3.63, 3.8) is 0 Å². The Morgan fingerprint density at radius 3 is 1.51 bits per heavy atom. The highest BCUT2D eigenvalue weighted by atomic mass is 32.1. The minimum atomic E-state index is 1.06. The summed E-state index contributed by atoms with van der Waals surface area (Å²) >= 11 is 7.39. The highest BCUT2D eigenvalue weighted by Gasteiger charge is 2.20. The van der Waals surface area contributed by atoms with E-state index in [1.165, 1.54) is 65.2 Å². The molecule has 0 amide bonds. The summed E-state index contributed by atoms with van der Waals surface area (Å²) in [6.07, 6.45) is 0. The fourth-order valence-electron chi connectivity index (χ4n) is 7.23. The third-order valence-electron chi connectivity index (χ3n) is 9.49. The molecule has 0 radical (unpaired) electrons. The van der Waals surface area contributed by atoms with Crippen molar-refractivity contribution in [3.05, 3.63) is 146 Å². The highest BCUT2D eigenvalue weighted by Crippen LogP contribution is 2.47. The number of anilines is 3.